The molecule has 0 radical (unpaired) electrons. The molecule has 3 heterocycles. The molecule has 2 atom stereocenters. The number of benzene rings is 1. The fraction of sp³-hybridized carbons (Fsp3) is 0.368. The van der Waals surface area contributed by atoms with E-state index in [4.69, 9.17) is 30.5 Å². The zero-order valence-corrected chi connectivity index (χ0v) is 16.1. The molecule has 0 spiro atoms. The van der Waals surface area contributed by atoms with Gasteiger partial charge in [0, 0.05) is 12.8 Å². The lowest BCUT2D eigenvalue weighted by molar-refractivity contribution is -0.941. The van der Waals surface area contributed by atoms with Crippen LogP contribution < -0.4 is 14.4 Å². The molecule has 2 aromatic heterocycles. The maximum absolute atomic E-state index is 5.61. The monoisotopic (exact) mass is 388 g/mol. The first kappa shape index (κ1) is 17.8. The molecule has 27 heavy (non-hydrogen) atoms. The molecule has 1 saturated heterocycles. The van der Waals surface area contributed by atoms with E-state index in [-0.39, 0.29) is 6.04 Å². The van der Waals surface area contributed by atoms with Crippen LogP contribution >= 0.6 is 12.2 Å². The highest BCUT2D eigenvalue weighted by Crippen LogP contribution is 2.31. The molecule has 1 aliphatic heterocycles. The molecule has 1 fully saturated rings. The first-order chi connectivity index (χ1) is 13.2. The summed E-state index contributed by atoms with van der Waals surface area (Å²) in [7, 11) is 3.37. The summed E-state index contributed by atoms with van der Waals surface area (Å²) in [6.07, 6.45) is 3.77. The van der Waals surface area contributed by atoms with Crippen molar-refractivity contribution in [2.24, 2.45) is 0 Å². The van der Waals surface area contributed by atoms with Crippen molar-refractivity contribution >= 4 is 12.2 Å². The van der Waals surface area contributed by atoms with Gasteiger partial charge in [0.1, 0.15) is 17.5 Å². The Kier molecular flexibility index (Phi) is 5.00. The van der Waals surface area contributed by atoms with Crippen LogP contribution in [0.25, 0.3) is 11.7 Å². The fourth-order valence-electron chi connectivity index (χ4n) is 3.69. The number of ether oxygens (including phenoxy) is 2. The van der Waals surface area contributed by atoms with Crippen molar-refractivity contribution in [3.63, 3.8) is 0 Å². The van der Waals surface area contributed by atoms with Crippen LogP contribution in [0.2, 0.25) is 0 Å². The van der Waals surface area contributed by atoms with Crippen LogP contribution in [-0.2, 0) is 6.67 Å². The van der Waals surface area contributed by atoms with E-state index in [1.165, 1.54) is 4.90 Å². The summed E-state index contributed by atoms with van der Waals surface area (Å²) in [5.41, 5.74) is 1.14. The third-order valence-corrected chi connectivity index (χ3v) is 5.28. The van der Waals surface area contributed by atoms with E-state index in [2.05, 4.69) is 11.2 Å². The highest BCUT2D eigenvalue weighted by molar-refractivity contribution is 7.71. The molecule has 8 heteroatoms. The molecule has 1 aromatic carbocycles. The summed E-state index contributed by atoms with van der Waals surface area (Å²) in [5.74, 6) is 2.68. The largest absolute Gasteiger partial charge is 0.497 e. The minimum absolute atomic E-state index is 0.278. The van der Waals surface area contributed by atoms with Crippen LogP contribution in [0.15, 0.2) is 45.4 Å². The Balaban J connectivity index is 1.61. The van der Waals surface area contributed by atoms with E-state index in [1.807, 2.05) is 12.1 Å². The average molecular weight is 388 g/mol. The van der Waals surface area contributed by atoms with E-state index in [9.17, 15) is 0 Å². The number of furan rings is 1. The lowest BCUT2D eigenvalue weighted by Gasteiger charge is -2.23. The Morgan fingerprint density at radius 1 is 1.30 bits per heavy atom. The van der Waals surface area contributed by atoms with E-state index in [0.717, 1.165) is 36.4 Å². The van der Waals surface area contributed by atoms with Gasteiger partial charge in [0.15, 0.2) is 12.4 Å². The van der Waals surface area contributed by atoms with E-state index in [1.54, 1.807) is 37.3 Å². The van der Waals surface area contributed by atoms with Gasteiger partial charge >= 0.3 is 0 Å². The molecular weight excluding hydrogens is 366 g/mol. The second-order valence-electron chi connectivity index (χ2n) is 6.52. The number of hydrogen-bond acceptors (Lipinski definition) is 6. The number of rotatable bonds is 6. The first-order valence-electron chi connectivity index (χ1n) is 8.88. The molecule has 0 bridgehead atoms. The average Bonchev–Trinajstić information content (AvgIpc) is 3.43. The van der Waals surface area contributed by atoms with Crippen molar-refractivity contribution in [3.05, 3.63) is 47.0 Å². The van der Waals surface area contributed by atoms with Gasteiger partial charge in [-0.15, -0.1) is 5.10 Å². The van der Waals surface area contributed by atoms with E-state index >= 15 is 0 Å². The van der Waals surface area contributed by atoms with Gasteiger partial charge in [-0.1, -0.05) is 0 Å². The van der Waals surface area contributed by atoms with Crippen molar-refractivity contribution in [3.8, 4) is 23.1 Å². The Labute approximate surface area is 162 Å². The summed E-state index contributed by atoms with van der Waals surface area (Å²) in [6.45, 7) is 1.64. The summed E-state index contributed by atoms with van der Waals surface area (Å²) < 4.78 is 23.7. The Hall–Kier alpha value is -2.58. The van der Waals surface area contributed by atoms with Gasteiger partial charge < -0.3 is 23.2 Å². The van der Waals surface area contributed by atoms with Crippen LogP contribution in [0.4, 0.5) is 0 Å². The van der Waals surface area contributed by atoms with Crippen molar-refractivity contribution in [2.75, 3.05) is 20.8 Å². The molecule has 1 N–H and O–H groups in total. The second kappa shape index (κ2) is 7.58. The quantitative estimate of drug-likeness (QED) is 0.655. The van der Waals surface area contributed by atoms with Crippen molar-refractivity contribution in [2.45, 2.75) is 25.6 Å². The second-order valence-corrected chi connectivity index (χ2v) is 6.87. The van der Waals surface area contributed by atoms with E-state index in [0.29, 0.717) is 23.2 Å². The third kappa shape index (κ3) is 3.50. The number of likely N-dealkylation sites (tertiary alicyclic amines) is 1. The third-order valence-electron chi connectivity index (χ3n) is 4.99. The van der Waals surface area contributed by atoms with Crippen molar-refractivity contribution < 1.29 is 23.2 Å². The lowest BCUT2D eigenvalue weighted by Crippen LogP contribution is -3.09. The smallest absolute Gasteiger partial charge is 0.292 e. The molecule has 1 unspecified atom stereocenters. The maximum Gasteiger partial charge on any atom is 0.292 e. The van der Waals surface area contributed by atoms with Gasteiger partial charge in [0.25, 0.3) is 10.7 Å². The zero-order valence-electron chi connectivity index (χ0n) is 15.3. The Morgan fingerprint density at radius 2 is 2.19 bits per heavy atom. The molecule has 3 aromatic rings. The highest BCUT2D eigenvalue weighted by Gasteiger charge is 2.33. The normalized spacial score (nSPS) is 19.3. The molecule has 1 aliphatic rings. The van der Waals surface area contributed by atoms with E-state index < -0.39 is 0 Å². The summed E-state index contributed by atoms with van der Waals surface area (Å²) in [5, 5.41) is 4.50. The van der Waals surface area contributed by atoms with Crippen molar-refractivity contribution in [1.29, 1.82) is 0 Å². The molecular formula is C19H22N3O4S+. The van der Waals surface area contributed by atoms with Crippen LogP contribution in [0, 0.1) is 4.84 Å². The van der Waals surface area contributed by atoms with Crippen LogP contribution in [0.3, 0.4) is 0 Å². The number of methoxy groups -OCH3 is 2. The summed E-state index contributed by atoms with van der Waals surface area (Å²) >= 11 is 5.36. The minimum Gasteiger partial charge on any atom is -0.497 e. The Bertz CT molecular complexity index is 964. The van der Waals surface area contributed by atoms with Gasteiger partial charge in [-0.25, -0.2) is 0 Å². The molecule has 0 amide bonds. The number of nitrogens with one attached hydrogen (secondary N) is 1. The number of hydrogen-bond donors (Lipinski definition) is 1. The molecule has 142 valence electrons. The van der Waals surface area contributed by atoms with Crippen LogP contribution in [-0.4, -0.2) is 30.5 Å². The lowest BCUT2D eigenvalue weighted by atomic mass is 10.0. The maximum atomic E-state index is 5.61. The molecule has 0 saturated carbocycles. The molecule has 4 rings (SSSR count). The summed E-state index contributed by atoms with van der Waals surface area (Å²) in [6, 6.07) is 9.81. The standard InChI is InChI=1S/C19H21N3O4S/c1-23-13-7-8-16(24-2)14(11-13)15-5-3-9-21(15)12-22-19(27)26-18(20-22)17-6-4-10-25-17/h4,6-8,10-11,15H,3,5,9,12H2,1-2H3/p+1/t15-/m0/s1. The molecule has 7 nitrogen and oxygen atoms in total. The predicted octanol–water partition coefficient (Wildman–Crippen LogP) is 2.86. The van der Waals surface area contributed by atoms with Gasteiger partial charge in [0.05, 0.1) is 32.6 Å². The van der Waals surface area contributed by atoms with Crippen molar-refractivity contribution in [1.82, 2.24) is 9.78 Å². The highest BCUT2D eigenvalue weighted by atomic mass is 32.1. The van der Waals surface area contributed by atoms with Gasteiger partial charge in [0.2, 0.25) is 0 Å². The Morgan fingerprint density at radius 3 is 2.93 bits per heavy atom. The van der Waals surface area contributed by atoms with Gasteiger partial charge in [-0.3, -0.25) is 0 Å². The van der Waals surface area contributed by atoms with Gasteiger partial charge in [-0.2, -0.15) is 4.68 Å². The SMILES string of the molecule is COc1ccc(OC)c([C@@H]2CCC[NH+]2Cn2nc(-c3ccco3)oc2=S)c1. The number of aromatic nitrogens is 2. The number of nitrogens with zero attached hydrogens (tertiary/aromatic N) is 2. The van der Waals surface area contributed by atoms with Gasteiger partial charge in [-0.05, 0) is 42.5 Å². The molecule has 0 aliphatic carbocycles. The topological polar surface area (TPSA) is 67.0 Å². The van der Waals surface area contributed by atoms with Crippen LogP contribution in [0.1, 0.15) is 24.4 Å². The zero-order chi connectivity index (χ0) is 18.8. The predicted molar refractivity (Wildman–Crippen MR) is 100 cm³/mol. The fourth-order valence-corrected chi connectivity index (χ4v) is 3.87. The number of quaternary nitrogens is 1. The first-order valence-corrected chi connectivity index (χ1v) is 9.28. The summed E-state index contributed by atoms with van der Waals surface area (Å²) in [4.78, 5) is 1.70. The van der Waals surface area contributed by atoms with Crippen LogP contribution in [0.5, 0.6) is 11.5 Å². The minimum atomic E-state index is 0.278.